The summed E-state index contributed by atoms with van der Waals surface area (Å²) in [6.45, 7) is 17.5. The van der Waals surface area contributed by atoms with Crippen LogP contribution in [0.15, 0.2) is 23.3 Å². The minimum atomic E-state index is -1.83. The van der Waals surface area contributed by atoms with E-state index in [1.54, 1.807) is 6.07 Å². The van der Waals surface area contributed by atoms with Crippen LogP contribution in [-0.4, -0.2) is 35.2 Å². The van der Waals surface area contributed by atoms with Crippen molar-refractivity contribution in [3.63, 3.8) is 0 Å². The molecule has 1 N–H and O–H groups in total. The molecule has 0 aliphatic heterocycles. The van der Waals surface area contributed by atoms with Crippen molar-refractivity contribution < 1.29 is 8.98 Å². The lowest BCUT2D eigenvalue weighted by atomic mass is 10.1. The number of hydrogen-bond donors (Lipinski definition) is 1. The zero-order chi connectivity index (χ0) is 21.6. The van der Waals surface area contributed by atoms with Gasteiger partial charge in [0.2, 0.25) is 0 Å². The van der Waals surface area contributed by atoms with Crippen LogP contribution in [0.25, 0.3) is 10.4 Å². The van der Waals surface area contributed by atoms with Crippen molar-refractivity contribution >= 4 is 25.5 Å². The van der Waals surface area contributed by atoms with Gasteiger partial charge in [0.1, 0.15) is 10.6 Å². The molecule has 0 saturated heterocycles. The van der Waals surface area contributed by atoms with Gasteiger partial charge in [-0.1, -0.05) is 26.8 Å². The molecule has 28 heavy (non-hydrogen) atoms. The van der Waals surface area contributed by atoms with Crippen LogP contribution in [0.4, 0.5) is 5.82 Å². The van der Waals surface area contributed by atoms with E-state index in [0.29, 0.717) is 18.8 Å². The third-order valence-corrected chi connectivity index (χ3v) is 11.2. The standard InChI is InChI=1S/C19H35N5O2SSi/c1-18(2,3)27(25)23-16(12-13-26-28(7,8)19(4,5)6)14-15-10-9-11-17(21-15)22-24-20/h9-11,16,23H,12-14H2,1-8H3. The molecular formula is C19H35N5O2SSi. The van der Waals surface area contributed by atoms with Gasteiger partial charge in [-0.05, 0) is 68.1 Å². The Labute approximate surface area is 173 Å². The summed E-state index contributed by atoms with van der Waals surface area (Å²) >= 11 is -1.20. The number of pyridine rings is 1. The zero-order valence-corrected chi connectivity index (χ0v) is 20.3. The SMILES string of the molecule is CC(C)(C)[S+]([O-])NC(CCO[Si](C)(C)C(C)(C)C)Cc1cccc(N=[N+]=[N-])n1. The molecule has 1 rings (SSSR count). The highest BCUT2D eigenvalue weighted by molar-refractivity contribution is 7.90. The maximum atomic E-state index is 12.6. The van der Waals surface area contributed by atoms with E-state index in [2.05, 4.69) is 53.6 Å². The van der Waals surface area contributed by atoms with Gasteiger partial charge in [0.05, 0.1) is 6.04 Å². The lowest BCUT2D eigenvalue weighted by molar-refractivity contribution is 0.267. The fourth-order valence-electron chi connectivity index (χ4n) is 2.14. The lowest BCUT2D eigenvalue weighted by Gasteiger charge is -2.36. The number of hydrogen-bond acceptors (Lipinski definition) is 5. The maximum Gasteiger partial charge on any atom is 0.191 e. The van der Waals surface area contributed by atoms with Gasteiger partial charge in [-0.3, -0.25) is 4.98 Å². The molecule has 1 heterocycles. The van der Waals surface area contributed by atoms with Gasteiger partial charge in [0.25, 0.3) is 0 Å². The van der Waals surface area contributed by atoms with Gasteiger partial charge in [0.15, 0.2) is 8.32 Å². The largest absolute Gasteiger partial charge is 0.598 e. The van der Waals surface area contributed by atoms with Crippen molar-refractivity contribution in [2.24, 2.45) is 5.11 Å². The summed E-state index contributed by atoms with van der Waals surface area (Å²) in [7, 11) is -1.83. The fourth-order valence-corrected chi connectivity index (χ4v) is 4.06. The Morgan fingerprint density at radius 1 is 1.29 bits per heavy atom. The number of nitrogens with zero attached hydrogens (tertiary/aromatic N) is 4. The Bertz CT molecular complexity index is 682. The van der Waals surface area contributed by atoms with Crippen molar-refractivity contribution in [2.45, 2.75) is 83.3 Å². The third-order valence-electron chi connectivity index (χ3n) is 4.96. The van der Waals surface area contributed by atoms with Gasteiger partial charge < -0.3 is 8.98 Å². The molecule has 1 aromatic rings. The number of azide groups is 1. The van der Waals surface area contributed by atoms with Crippen molar-refractivity contribution in [3.8, 4) is 0 Å². The van der Waals surface area contributed by atoms with E-state index in [9.17, 15) is 4.55 Å². The number of rotatable bonds is 9. The van der Waals surface area contributed by atoms with Crippen LogP contribution in [-0.2, 0) is 22.2 Å². The summed E-state index contributed by atoms with van der Waals surface area (Å²) in [5, 5.41) is 3.71. The van der Waals surface area contributed by atoms with Gasteiger partial charge in [0, 0.05) is 35.0 Å². The monoisotopic (exact) mass is 425 g/mol. The average molecular weight is 426 g/mol. The first-order valence-corrected chi connectivity index (χ1v) is 13.6. The van der Waals surface area contributed by atoms with Crippen molar-refractivity contribution in [3.05, 3.63) is 34.3 Å². The quantitative estimate of drug-likeness (QED) is 0.188. The van der Waals surface area contributed by atoms with E-state index in [1.807, 2.05) is 32.9 Å². The molecule has 0 aliphatic rings. The summed E-state index contributed by atoms with van der Waals surface area (Å²) in [6.07, 6.45) is 1.30. The molecule has 158 valence electrons. The van der Waals surface area contributed by atoms with Gasteiger partial charge in [-0.25, -0.2) is 0 Å². The summed E-state index contributed by atoms with van der Waals surface area (Å²) in [6, 6.07) is 5.31. The molecule has 0 aromatic carbocycles. The normalized spacial score (nSPS) is 15.0. The lowest BCUT2D eigenvalue weighted by Crippen LogP contribution is -2.47. The van der Waals surface area contributed by atoms with Crippen molar-refractivity contribution in [1.82, 2.24) is 9.71 Å². The molecular weight excluding hydrogens is 390 g/mol. The fraction of sp³-hybridized carbons (Fsp3) is 0.737. The van der Waals surface area contributed by atoms with Crippen molar-refractivity contribution in [2.75, 3.05) is 6.61 Å². The molecule has 1 aromatic heterocycles. The Morgan fingerprint density at radius 3 is 2.46 bits per heavy atom. The second kappa shape index (κ2) is 10.1. The molecule has 0 saturated carbocycles. The third kappa shape index (κ3) is 8.11. The first kappa shape index (κ1) is 24.9. The van der Waals surface area contributed by atoms with E-state index < -0.39 is 19.7 Å². The van der Waals surface area contributed by atoms with Crippen molar-refractivity contribution in [1.29, 1.82) is 0 Å². The van der Waals surface area contributed by atoms with Crippen LogP contribution in [0, 0.1) is 0 Å². The minimum Gasteiger partial charge on any atom is -0.598 e. The Balaban J connectivity index is 2.87. The van der Waals surface area contributed by atoms with Crippen LogP contribution in [0.5, 0.6) is 0 Å². The first-order chi connectivity index (χ1) is 12.8. The highest BCUT2D eigenvalue weighted by Gasteiger charge is 2.37. The highest BCUT2D eigenvalue weighted by Crippen LogP contribution is 2.36. The van der Waals surface area contributed by atoms with Crippen LogP contribution < -0.4 is 4.72 Å². The van der Waals surface area contributed by atoms with Crippen LogP contribution in [0.2, 0.25) is 18.1 Å². The van der Waals surface area contributed by atoms with Gasteiger partial charge in [-0.15, -0.1) is 4.72 Å². The molecule has 7 nitrogen and oxygen atoms in total. The Hall–Kier alpha value is -1.09. The van der Waals surface area contributed by atoms with E-state index in [0.717, 1.165) is 12.1 Å². The summed E-state index contributed by atoms with van der Waals surface area (Å²) in [4.78, 5) is 7.17. The summed E-state index contributed by atoms with van der Waals surface area (Å²) in [5.74, 6) is 0.341. The molecule has 0 aliphatic carbocycles. The van der Waals surface area contributed by atoms with Gasteiger partial charge >= 0.3 is 0 Å². The van der Waals surface area contributed by atoms with Crippen LogP contribution in [0.3, 0.4) is 0 Å². The summed E-state index contributed by atoms with van der Waals surface area (Å²) < 4.78 is 21.8. The van der Waals surface area contributed by atoms with Gasteiger partial charge in [-0.2, -0.15) is 0 Å². The molecule has 0 amide bonds. The number of nitrogens with one attached hydrogen (secondary N) is 1. The molecule has 0 spiro atoms. The molecule has 2 atom stereocenters. The van der Waals surface area contributed by atoms with E-state index >= 15 is 0 Å². The zero-order valence-electron chi connectivity index (χ0n) is 18.4. The molecule has 9 heteroatoms. The van der Waals surface area contributed by atoms with Crippen LogP contribution in [0.1, 0.15) is 53.7 Å². The van der Waals surface area contributed by atoms with E-state index in [4.69, 9.17) is 9.96 Å². The minimum absolute atomic E-state index is 0.0568. The molecule has 0 fully saturated rings. The Morgan fingerprint density at radius 2 is 1.93 bits per heavy atom. The first-order valence-electron chi connectivity index (χ1n) is 9.59. The topological polar surface area (TPSA) is 106 Å². The maximum absolute atomic E-state index is 12.6. The molecule has 0 bridgehead atoms. The number of aromatic nitrogens is 1. The predicted molar refractivity (Wildman–Crippen MR) is 119 cm³/mol. The summed E-state index contributed by atoms with van der Waals surface area (Å²) in [5.41, 5.74) is 9.40. The second-order valence-corrected chi connectivity index (χ2v) is 16.3. The smallest absolute Gasteiger partial charge is 0.191 e. The second-order valence-electron chi connectivity index (χ2n) is 9.47. The average Bonchev–Trinajstić information content (AvgIpc) is 2.53. The van der Waals surface area contributed by atoms with E-state index in [1.165, 1.54) is 0 Å². The van der Waals surface area contributed by atoms with Crippen LogP contribution >= 0.6 is 0 Å². The Kier molecular flexibility index (Phi) is 8.99. The highest BCUT2D eigenvalue weighted by atomic mass is 32.2. The molecule has 0 radical (unpaired) electrons. The van der Waals surface area contributed by atoms with E-state index in [-0.39, 0.29) is 15.8 Å². The molecule has 2 unspecified atom stereocenters. The predicted octanol–water partition coefficient (Wildman–Crippen LogP) is 5.40.